The summed E-state index contributed by atoms with van der Waals surface area (Å²) < 4.78 is 55.5. The Kier molecular flexibility index (Phi) is 5.38. The molecule has 0 radical (unpaired) electrons. The lowest BCUT2D eigenvalue weighted by atomic mass is 9.96. The van der Waals surface area contributed by atoms with Gasteiger partial charge in [-0.25, -0.2) is 9.07 Å². The molecule has 5 nitrogen and oxygen atoms in total. The molecule has 0 fully saturated rings. The highest BCUT2D eigenvalue weighted by molar-refractivity contribution is 6.31. The molecule has 2 aromatic carbocycles. The van der Waals surface area contributed by atoms with Crippen molar-refractivity contribution in [2.75, 3.05) is 10.6 Å². The van der Waals surface area contributed by atoms with Crippen LogP contribution in [0.15, 0.2) is 48.7 Å². The maximum atomic E-state index is 13.8. The molecule has 31 heavy (non-hydrogen) atoms. The second kappa shape index (κ2) is 7.88. The van der Waals surface area contributed by atoms with Crippen LogP contribution in [0.4, 0.5) is 29.1 Å². The van der Waals surface area contributed by atoms with E-state index in [9.17, 15) is 22.4 Å². The SMILES string of the molecule is Cc1ccc([C@H]2C[C@H](C(F)(F)F)n3ncc(C(=O)Nc4ccc(F)c(Cl)c4)c3N2)cc1. The van der Waals surface area contributed by atoms with Gasteiger partial charge in [0.1, 0.15) is 17.2 Å². The molecule has 162 valence electrons. The number of fused-ring (bicyclic) bond motifs is 1. The lowest BCUT2D eigenvalue weighted by molar-refractivity contribution is -0.173. The van der Waals surface area contributed by atoms with Crippen LogP contribution >= 0.6 is 11.6 Å². The fraction of sp³-hybridized carbons (Fsp3) is 0.238. The number of carbonyl (C=O) groups is 1. The Bertz CT molecular complexity index is 1130. The average Bonchev–Trinajstić information content (AvgIpc) is 3.14. The lowest BCUT2D eigenvalue weighted by Gasteiger charge is -2.34. The molecule has 2 heterocycles. The topological polar surface area (TPSA) is 59.0 Å². The van der Waals surface area contributed by atoms with Crippen LogP contribution in [0.1, 0.15) is 40.0 Å². The predicted octanol–water partition coefficient (Wildman–Crippen LogP) is 5.90. The second-order valence-corrected chi connectivity index (χ2v) is 7.74. The third-order valence-corrected chi connectivity index (χ3v) is 5.43. The summed E-state index contributed by atoms with van der Waals surface area (Å²) in [4.78, 5) is 12.8. The van der Waals surface area contributed by atoms with Gasteiger partial charge in [-0.05, 0) is 30.7 Å². The number of amides is 1. The molecular formula is C21H17ClF4N4O. The van der Waals surface area contributed by atoms with E-state index >= 15 is 0 Å². The van der Waals surface area contributed by atoms with Gasteiger partial charge in [0.15, 0.2) is 6.04 Å². The molecule has 0 bridgehead atoms. The zero-order chi connectivity index (χ0) is 22.3. The van der Waals surface area contributed by atoms with E-state index in [2.05, 4.69) is 15.7 Å². The number of rotatable bonds is 3. The summed E-state index contributed by atoms with van der Waals surface area (Å²) in [5.41, 5.74) is 1.79. The van der Waals surface area contributed by atoms with Crippen LogP contribution < -0.4 is 10.6 Å². The standard InChI is InChI=1S/C21H17ClF4N4O/c1-11-2-4-12(5-3-11)17-9-18(21(24,25)26)30-19(29-17)14(10-27-30)20(31)28-13-6-7-16(23)15(22)8-13/h2-8,10,17-18,29H,9H2,1H3,(H,28,31)/t17-,18-/m1/s1. The van der Waals surface area contributed by atoms with Gasteiger partial charge in [0.05, 0.1) is 17.3 Å². The molecule has 1 aromatic heterocycles. The molecular weight excluding hydrogens is 436 g/mol. The van der Waals surface area contributed by atoms with Crippen molar-refractivity contribution >= 4 is 29.0 Å². The van der Waals surface area contributed by atoms with Gasteiger partial charge in [-0.2, -0.15) is 18.3 Å². The first-order chi connectivity index (χ1) is 14.6. The van der Waals surface area contributed by atoms with Crippen molar-refractivity contribution in [1.29, 1.82) is 0 Å². The number of aromatic nitrogens is 2. The minimum absolute atomic E-state index is 0.0372. The van der Waals surface area contributed by atoms with Crippen molar-refractivity contribution in [3.63, 3.8) is 0 Å². The molecule has 0 saturated heterocycles. The highest BCUT2D eigenvalue weighted by Crippen LogP contribution is 2.44. The number of benzene rings is 2. The highest BCUT2D eigenvalue weighted by atomic mass is 35.5. The van der Waals surface area contributed by atoms with E-state index < -0.39 is 30.0 Å². The smallest absolute Gasteiger partial charge is 0.363 e. The molecule has 4 rings (SSSR count). The normalized spacial score (nSPS) is 18.3. The van der Waals surface area contributed by atoms with Gasteiger partial charge in [0, 0.05) is 12.1 Å². The Hall–Kier alpha value is -3.07. The Labute approximate surface area is 180 Å². The van der Waals surface area contributed by atoms with Crippen LogP contribution in [0.25, 0.3) is 0 Å². The van der Waals surface area contributed by atoms with Gasteiger partial charge in [-0.1, -0.05) is 41.4 Å². The van der Waals surface area contributed by atoms with E-state index in [0.29, 0.717) is 5.56 Å². The summed E-state index contributed by atoms with van der Waals surface area (Å²) in [5, 5.41) is 9.18. The number of anilines is 2. The molecule has 3 aromatic rings. The van der Waals surface area contributed by atoms with Gasteiger partial charge in [0.25, 0.3) is 5.91 Å². The van der Waals surface area contributed by atoms with Crippen molar-refractivity contribution in [3.8, 4) is 0 Å². The molecule has 0 spiro atoms. The predicted molar refractivity (Wildman–Crippen MR) is 109 cm³/mol. The number of hydrogen-bond donors (Lipinski definition) is 2. The summed E-state index contributed by atoms with van der Waals surface area (Å²) in [6.45, 7) is 1.88. The van der Waals surface area contributed by atoms with Crippen molar-refractivity contribution in [1.82, 2.24) is 9.78 Å². The first-order valence-electron chi connectivity index (χ1n) is 9.37. The third-order valence-electron chi connectivity index (χ3n) is 5.14. The van der Waals surface area contributed by atoms with Crippen LogP contribution in [-0.2, 0) is 0 Å². The summed E-state index contributed by atoms with van der Waals surface area (Å²) in [7, 11) is 0. The molecule has 2 N–H and O–H groups in total. The quantitative estimate of drug-likeness (QED) is 0.487. The fourth-order valence-corrected chi connectivity index (χ4v) is 3.70. The van der Waals surface area contributed by atoms with Crippen molar-refractivity contribution < 1.29 is 22.4 Å². The van der Waals surface area contributed by atoms with Crippen LogP contribution in [0.2, 0.25) is 5.02 Å². The molecule has 2 atom stereocenters. The number of aryl methyl sites for hydroxylation is 1. The molecule has 1 amide bonds. The molecule has 0 unspecified atom stereocenters. The Morgan fingerprint density at radius 2 is 1.94 bits per heavy atom. The first-order valence-corrected chi connectivity index (χ1v) is 9.75. The largest absolute Gasteiger partial charge is 0.410 e. The highest BCUT2D eigenvalue weighted by Gasteiger charge is 2.47. The molecule has 10 heteroatoms. The van der Waals surface area contributed by atoms with Crippen molar-refractivity contribution in [2.24, 2.45) is 0 Å². The zero-order valence-corrected chi connectivity index (χ0v) is 16.9. The van der Waals surface area contributed by atoms with Gasteiger partial charge >= 0.3 is 6.18 Å². The number of nitrogens with zero attached hydrogens (tertiary/aromatic N) is 2. The number of alkyl halides is 3. The van der Waals surface area contributed by atoms with E-state index in [4.69, 9.17) is 11.6 Å². The lowest BCUT2D eigenvalue weighted by Crippen LogP contribution is -2.36. The van der Waals surface area contributed by atoms with E-state index in [-0.39, 0.29) is 28.5 Å². The Morgan fingerprint density at radius 3 is 2.58 bits per heavy atom. The van der Waals surface area contributed by atoms with Crippen LogP contribution in [-0.4, -0.2) is 21.9 Å². The maximum Gasteiger partial charge on any atom is 0.410 e. The summed E-state index contributed by atoms with van der Waals surface area (Å²) in [6.07, 6.45) is -3.74. The van der Waals surface area contributed by atoms with Crippen LogP contribution in [0.3, 0.4) is 0 Å². The van der Waals surface area contributed by atoms with E-state index in [0.717, 1.165) is 22.5 Å². The Balaban J connectivity index is 1.68. The summed E-state index contributed by atoms with van der Waals surface area (Å²) in [5.74, 6) is -1.38. The molecule has 1 aliphatic rings. The number of halogens is 5. The van der Waals surface area contributed by atoms with Crippen molar-refractivity contribution in [3.05, 3.63) is 76.2 Å². The van der Waals surface area contributed by atoms with E-state index in [1.54, 1.807) is 12.1 Å². The number of carbonyl (C=O) groups excluding carboxylic acids is 1. The zero-order valence-electron chi connectivity index (χ0n) is 16.2. The number of hydrogen-bond acceptors (Lipinski definition) is 3. The monoisotopic (exact) mass is 452 g/mol. The third kappa shape index (κ3) is 4.23. The fourth-order valence-electron chi connectivity index (χ4n) is 3.52. The summed E-state index contributed by atoms with van der Waals surface area (Å²) in [6, 6.07) is 8.19. The van der Waals surface area contributed by atoms with Gasteiger partial charge in [-0.3, -0.25) is 4.79 Å². The van der Waals surface area contributed by atoms with Gasteiger partial charge in [-0.15, -0.1) is 0 Å². The van der Waals surface area contributed by atoms with Crippen LogP contribution in [0, 0.1) is 12.7 Å². The van der Waals surface area contributed by atoms with Crippen molar-refractivity contribution in [2.45, 2.75) is 31.6 Å². The number of nitrogens with one attached hydrogen (secondary N) is 2. The molecule has 0 aliphatic carbocycles. The van der Waals surface area contributed by atoms with Gasteiger partial charge in [0.2, 0.25) is 0 Å². The minimum atomic E-state index is -4.55. The molecule has 1 aliphatic heterocycles. The minimum Gasteiger partial charge on any atom is -0.363 e. The van der Waals surface area contributed by atoms with E-state index in [1.807, 2.05) is 19.1 Å². The first kappa shape index (κ1) is 21.2. The maximum absolute atomic E-state index is 13.8. The Morgan fingerprint density at radius 1 is 1.23 bits per heavy atom. The molecule has 0 saturated carbocycles. The second-order valence-electron chi connectivity index (χ2n) is 7.34. The van der Waals surface area contributed by atoms with E-state index in [1.165, 1.54) is 12.1 Å². The van der Waals surface area contributed by atoms with Gasteiger partial charge < -0.3 is 10.6 Å². The van der Waals surface area contributed by atoms with Crippen LogP contribution in [0.5, 0.6) is 0 Å². The summed E-state index contributed by atoms with van der Waals surface area (Å²) >= 11 is 5.72. The average molecular weight is 453 g/mol.